The largest absolute Gasteiger partial charge is 0.508 e. The summed E-state index contributed by atoms with van der Waals surface area (Å²) in [6.45, 7) is 0.627. The minimum atomic E-state index is -0.207. The minimum Gasteiger partial charge on any atom is -0.508 e. The molecule has 114 valence electrons. The number of carbonyl (C=O) groups excluding carboxylic acids is 1. The summed E-state index contributed by atoms with van der Waals surface area (Å²) in [5.74, 6) is 0.874. The molecule has 0 amide bonds. The second-order valence-corrected chi connectivity index (χ2v) is 5.40. The predicted octanol–water partition coefficient (Wildman–Crippen LogP) is 1.38. The zero-order chi connectivity index (χ0) is 15.2. The van der Waals surface area contributed by atoms with Gasteiger partial charge >= 0.3 is 5.97 Å². The molecular formula is C15H21N3O3. The minimum absolute atomic E-state index is 0.0748. The molecular weight excluding hydrogens is 270 g/mol. The molecule has 1 fully saturated rings. The van der Waals surface area contributed by atoms with Crippen molar-refractivity contribution < 1.29 is 14.6 Å². The average molecular weight is 291 g/mol. The first kappa shape index (κ1) is 15.2. The molecule has 0 bridgehead atoms. The van der Waals surface area contributed by atoms with Gasteiger partial charge in [-0.25, -0.2) is 0 Å². The first-order chi connectivity index (χ1) is 10.0. The van der Waals surface area contributed by atoms with Crippen LogP contribution in [0.5, 0.6) is 11.5 Å². The van der Waals surface area contributed by atoms with Gasteiger partial charge in [-0.05, 0) is 55.9 Å². The number of aromatic hydroxyl groups is 1. The van der Waals surface area contributed by atoms with Crippen LogP contribution in [-0.4, -0.2) is 23.6 Å². The maximum absolute atomic E-state index is 12.1. The Morgan fingerprint density at radius 3 is 2.38 bits per heavy atom. The van der Waals surface area contributed by atoms with Crippen molar-refractivity contribution >= 4 is 11.9 Å². The number of ether oxygens (including phenoxy) is 1. The van der Waals surface area contributed by atoms with Gasteiger partial charge in [-0.3, -0.25) is 9.79 Å². The molecule has 2 rings (SSSR count). The maximum Gasteiger partial charge on any atom is 0.314 e. The quantitative estimate of drug-likeness (QED) is 0.336. The molecule has 0 spiro atoms. The highest BCUT2D eigenvalue weighted by atomic mass is 16.5. The standard InChI is InChI=1S/C15H21N3O3/c16-15(17)18-9-10-1-3-11(4-2-10)14(20)21-13-7-5-12(19)6-8-13/h5-8,10-11,19H,1-4,9H2,(H4,16,17,18). The molecule has 0 aliphatic heterocycles. The van der Waals surface area contributed by atoms with Crippen LogP contribution in [-0.2, 0) is 4.79 Å². The molecule has 1 aromatic carbocycles. The summed E-state index contributed by atoms with van der Waals surface area (Å²) in [4.78, 5) is 16.1. The SMILES string of the molecule is NC(N)=NCC1CCC(C(=O)Oc2ccc(O)cc2)CC1. The number of benzene rings is 1. The van der Waals surface area contributed by atoms with E-state index >= 15 is 0 Å². The number of guanidine groups is 1. The summed E-state index contributed by atoms with van der Waals surface area (Å²) in [7, 11) is 0. The van der Waals surface area contributed by atoms with E-state index in [0.717, 1.165) is 25.7 Å². The summed E-state index contributed by atoms with van der Waals surface area (Å²) >= 11 is 0. The van der Waals surface area contributed by atoms with E-state index in [1.807, 2.05) is 0 Å². The fourth-order valence-corrected chi connectivity index (χ4v) is 2.53. The van der Waals surface area contributed by atoms with Crippen LogP contribution < -0.4 is 16.2 Å². The van der Waals surface area contributed by atoms with Gasteiger partial charge in [0.1, 0.15) is 11.5 Å². The predicted molar refractivity (Wildman–Crippen MR) is 79.9 cm³/mol. The van der Waals surface area contributed by atoms with Gasteiger partial charge in [-0.15, -0.1) is 0 Å². The second-order valence-electron chi connectivity index (χ2n) is 5.40. The highest BCUT2D eigenvalue weighted by Crippen LogP contribution is 2.30. The summed E-state index contributed by atoms with van der Waals surface area (Å²) in [5.41, 5.74) is 10.6. The fourth-order valence-electron chi connectivity index (χ4n) is 2.53. The number of rotatable bonds is 4. The average Bonchev–Trinajstić information content (AvgIpc) is 2.48. The van der Waals surface area contributed by atoms with Crippen LogP contribution in [0.15, 0.2) is 29.3 Å². The molecule has 0 atom stereocenters. The van der Waals surface area contributed by atoms with Crippen LogP contribution in [0.2, 0.25) is 0 Å². The third-order valence-electron chi connectivity index (χ3n) is 3.77. The zero-order valence-corrected chi connectivity index (χ0v) is 11.9. The molecule has 0 aromatic heterocycles. The number of aliphatic imine (C=N–C) groups is 1. The van der Waals surface area contributed by atoms with E-state index in [4.69, 9.17) is 16.2 Å². The van der Waals surface area contributed by atoms with E-state index in [1.54, 1.807) is 12.1 Å². The highest BCUT2D eigenvalue weighted by molar-refractivity contribution is 5.76. The lowest BCUT2D eigenvalue weighted by Gasteiger charge is -2.26. The van der Waals surface area contributed by atoms with E-state index in [2.05, 4.69) is 4.99 Å². The first-order valence-corrected chi connectivity index (χ1v) is 7.10. The van der Waals surface area contributed by atoms with Gasteiger partial charge in [-0.2, -0.15) is 0 Å². The first-order valence-electron chi connectivity index (χ1n) is 7.10. The lowest BCUT2D eigenvalue weighted by atomic mass is 9.82. The van der Waals surface area contributed by atoms with Gasteiger partial charge in [0.15, 0.2) is 5.96 Å². The third-order valence-corrected chi connectivity index (χ3v) is 3.77. The Labute approximate surface area is 123 Å². The van der Waals surface area contributed by atoms with Gasteiger partial charge < -0.3 is 21.3 Å². The molecule has 1 aliphatic carbocycles. The van der Waals surface area contributed by atoms with Crippen LogP contribution in [0.25, 0.3) is 0 Å². The number of nitrogens with two attached hydrogens (primary N) is 2. The Bertz CT molecular complexity index is 501. The van der Waals surface area contributed by atoms with Gasteiger partial charge in [0.05, 0.1) is 5.92 Å². The number of phenols is 1. The molecule has 0 heterocycles. The molecule has 21 heavy (non-hydrogen) atoms. The number of hydrogen-bond donors (Lipinski definition) is 3. The fraction of sp³-hybridized carbons (Fsp3) is 0.467. The molecule has 6 heteroatoms. The van der Waals surface area contributed by atoms with Gasteiger partial charge in [0, 0.05) is 6.54 Å². The van der Waals surface area contributed by atoms with Crippen molar-refractivity contribution in [2.45, 2.75) is 25.7 Å². The third kappa shape index (κ3) is 4.66. The molecule has 1 saturated carbocycles. The van der Waals surface area contributed by atoms with Crippen molar-refractivity contribution in [3.8, 4) is 11.5 Å². The summed E-state index contributed by atoms with van der Waals surface area (Å²) in [6, 6.07) is 6.15. The lowest BCUT2D eigenvalue weighted by Crippen LogP contribution is -2.28. The summed E-state index contributed by atoms with van der Waals surface area (Å²) in [6.07, 6.45) is 3.43. The van der Waals surface area contributed by atoms with Crippen LogP contribution in [0, 0.1) is 11.8 Å². The van der Waals surface area contributed by atoms with E-state index in [9.17, 15) is 9.90 Å². The topological polar surface area (TPSA) is 111 Å². The Morgan fingerprint density at radius 1 is 1.19 bits per heavy atom. The molecule has 0 unspecified atom stereocenters. The number of hydrogen-bond acceptors (Lipinski definition) is 4. The van der Waals surface area contributed by atoms with Gasteiger partial charge in [0.25, 0.3) is 0 Å². The normalized spacial score (nSPS) is 21.5. The molecule has 1 aliphatic rings. The Kier molecular flexibility index (Phi) is 5.03. The van der Waals surface area contributed by atoms with Crippen molar-refractivity contribution in [1.82, 2.24) is 0 Å². The maximum atomic E-state index is 12.1. The van der Waals surface area contributed by atoms with E-state index < -0.39 is 0 Å². The molecule has 1 aromatic rings. The Hall–Kier alpha value is -2.24. The van der Waals surface area contributed by atoms with Crippen molar-refractivity contribution in [3.63, 3.8) is 0 Å². The molecule has 0 saturated heterocycles. The molecule has 0 radical (unpaired) electrons. The van der Waals surface area contributed by atoms with Crippen molar-refractivity contribution in [3.05, 3.63) is 24.3 Å². The lowest BCUT2D eigenvalue weighted by molar-refractivity contribution is -0.140. The molecule has 5 N–H and O–H groups in total. The number of phenolic OH excluding ortho intramolecular Hbond substituents is 1. The molecule has 6 nitrogen and oxygen atoms in total. The van der Waals surface area contributed by atoms with Crippen molar-refractivity contribution in [1.29, 1.82) is 0 Å². The second kappa shape index (κ2) is 6.97. The zero-order valence-electron chi connectivity index (χ0n) is 11.9. The Balaban J connectivity index is 1.80. The smallest absolute Gasteiger partial charge is 0.314 e. The van der Waals surface area contributed by atoms with E-state index in [0.29, 0.717) is 18.2 Å². The summed E-state index contributed by atoms with van der Waals surface area (Å²) < 4.78 is 5.32. The highest BCUT2D eigenvalue weighted by Gasteiger charge is 2.27. The monoisotopic (exact) mass is 291 g/mol. The van der Waals surface area contributed by atoms with Gasteiger partial charge in [0.2, 0.25) is 0 Å². The van der Waals surface area contributed by atoms with Crippen LogP contribution >= 0.6 is 0 Å². The number of esters is 1. The van der Waals surface area contributed by atoms with Crippen LogP contribution in [0.1, 0.15) is 25.7 Å². The number of nitrogens with zero attached hydrogens (tertiary/aromatic N) is 1. The summed E-state index contributed by atoms with van der Waals surface area (Å²) in [5, 5.41) is 9.19. The van der Waals surface area contributed by atoms with Crippen molar-refractivity contribution in [2.24, 2.45) is 28.3 Å². The van der Waals surface area contributed by atoms with Gasteiger partial charge in [-0.1, -0.05) is 0 Å². The van der Waals surface area contributed by atoms with Crippen molar-refractivity contribution in [2.75, 3.05) is 6.54 Å². The number of carbonyl (C=O) groups is 1. The van der Waals surface area contributed by atoms with E-state index in [1.165, 1.54) is 12.1 Å². The Morgan fingerprint density at radius 2 is 1.81 bits per heavy atom. The van der Waals surface area contributed by atoms with Crippen LogP contribution in [0.3, 0.4) is 0 Å². The van der Waals surface area contributed by atoms with Crippen LogP contribution in [0.4, 0.5) is 0 Å². The van der Waals surface area contributed by atoms with E-state index in [-0.39, 0.29) is 23.6 Å².